The van der Waals surface area contributed by atoms with E-state index in [-0.39, 0.29) is 27.9 Å². The number of anilines is 2. The number of ether oxygens (including phenoxy) is 1. The van der Waals surface area contributed by atoms with Gasteiger partial charge in [-0.2, -0.15) is 13.7 Å². The molecule has 0 aliphatic carbocycles. The summed E-state index contributed by atoms with van der Waals surface area (Å²) in [4.78, 5) is 23.7. The van der Waals surface area contributed by atoms with Gasteiger partial charge in [0.15, 0.2) is 11.5 Å². The Hall–Kier alpha value is -4.62. The van der Waals surface area contributed by atoms with E-state index in [4.69, 9.17) is 8.92 Å². The fraction of sp³-hybridized carbons (Fsp3) is 0.148. The van der Waals surface area contributed by atoms with Crippen molar-refractivity contribution in [2.75, 3.05) is 17.7 Å². The Morgan fingerprint density at radius 3 is 2.16 bits per heavy atom. The van der Waals surface area contributed by atoms with Gasteiger partial charge in [0, 0.05) is 18.3 Å². The van der Waals surface area contributed by atoms with Crippen LogP contribution in [0.3, 0.4) is 0 Å². The quantitative estimate of drug-likeness (QED) is 0.253. The maximum absolute atomic E-state index is 12.9. The second kappa shape index (κ2) is 11.4. The number of methoxy groups -OCH3 is 1. The van der Waals surface area contributed by atoms with Gasteiger partial charge in [-0.1, -0.05) is 12.1 Å². The minimum Gasteiger partial charge on any atom is -0.493 e. The molecule has 190 valence electrons. The molecule has 3 aromatic carbocycles. The van der Waals surface area contributed by atoms with Crippen molar-refractivity contribution < 1.29 is 26.9 Å². The highest BCUT2D eigenvalue weighted by Gasteiger charge is 2.20. The third-order valence-electron chi connectivity index (χ3n) is 5.29. The lowest BCUT2D eigenvalue weighted by molar-refractivity contribution is -0.114. The van der Waals surface area contributed by atoms with Gasteiger partial charge < -0.3 is 19.6 Å². The van der Waals surface area contributed by atoms with Crippen LogP contribution in [0.4, 0.5) is 11.4 Å². The molecule has 0 aliphatic heterocycles. The molecule has 0 aromatic heterocycles. The van der Waals surface area contributed by atoms with Gasteiger partial charge in [0.2, 0.25) is 5.91 Å². The molecule has 0 saturated heterocycles. The highest BCUT2D eigenvalue weighted by atomic mass is 32.2. The summed E-state index contributed by atoms with van der Waals surface area (Å²) in [5.41, 5.74) is 3.19. The van der Waals surface area contributed by atoms with Crippen LogP contribution in [-0.2, 0) is 19.7 Å². The molecule has 0 fully saturated rings. The largest absolute Gasteiger partial charge is 0.493 e. The van der Waals surface area contributed by atoms with E-state index in [1.807, 2.05) is 26.0 Å². The minimum absolute atomic E-state index is 0.131. The highest BCUT2D eigenvalue weighted by molar-refractivity contribution is 7.87. The number of nitriles is 1. The lowest BCUT2D eigenvalue weighted by Gasteiger charge is -2.12. The topological polar surface area (TPSA) is 135 Å². The number of benzene rings is 3. The van der Waals surface area contributed by atoms with Crippen molar-refractivity contribution in [1.82, 2.24) is 0 Å². The Bertz CT molecular complexity index is 1520. The van der Waals surface area contributed by atoms with Crippen molar-refractivity contribution in [2.24, 2.45) is 0 Å². The van der Waals surface area contributed by atoms with E-state index >= 15 is 0 Å². The number of amides is 2. The molecule has 37 heavy (non-hydrogen) atoms. The van der Waals surface area contributed by atoms with Gasteiger partial charge in [0.25, 0.3) is 5.91 Å². The molecular weight excluding hydrogens is 494 g/mol. The zero-order valence-corrected chi connectivity index (χ0v) is 21.5. The number of hydrogen-bond donors (Lipinski definition) is 2. The van der Waals surface area contributed by atoms with Crippen molar-refractivity contribution in [3.05, 3.63) is 82.9 Å². The van der Waals surface area contributed by atoms with Crippen LogP contribution in [-0.4, -0.2) is 27.3 Å². The number of rotatable bonds is 8. The summed E-state index contributed by atoms with van der Waals surface area (Å²) in [6.45, 7) is 5.20. The first-order valence-corrected chi connectivity index (χ1v) is 12.4. The Morgan fingerprint density at radius 2 is 1.57 bits per heavy atom. The fourth-order valence-electron chi connectivity index (χ4n) is 3.26. The van der Waals surface area contributed by atoms with Gasteiger partial charge in [-0.3, -0.25) is 9.59 Å². The van der Waals surface area contributed by atoms with Crippen LogP contribution in [0, 0.1) is 25.2 Å². The molecule has 0 spiro atoms. The van der Waals surface area contributed by atoms with Crippen LogP contribution in [0.1, 0.15) is 23.6 Å². The predicted molar refractivity (Wildman–Crippen MR) is 140 cm³/mol. The zero-order chi connectivity index (χ0) is 27.2. The van der Waals surface area contributed by atoms with Gasteiger partial charge in [-0.25, -0.2) is 0 Å². The van der Waals surface area contributed by atoms with E-state index in [1.54, 1.807) is 18.2 Å². The van der Waals surface area contributed by atoms with E-state index in [1.165, 1.54) is 56.5 Å². The summed E-state index contributed by atoms with van der Waals surface area (Å²) in [6, 6.07) is 17.1. The third kappa shape index (κ3) is 6.96. The van der Waals surface area contributed by atoms with E-state index in [2.05, 4.69) is 10.6 Å². The molecule has 2 amide bonds. The first kappa shape index (κ1) is 27.0. The van der Waals surface area contributed by atoms with Crippen LogP contribution in [0.25, 0.3) is 6.08 Å². The molecule has 0 bridgehead atoms. The number of carbonyl (C=O) groups is 2. The number of nitrogens with zero attached hydrogens (tertiary/aromatic N) is 1. The van der Waals surface area contributed by atoms with Gasteiger partial charge >= 0.3 is 10.1 Å². The van der Waals surface area contributed by atoms with E-state index < -0.39 is 16.0 Å². The summed E-state index contributed by atoms with van der Waals surface area (Å²) in [5, 5.41) is 14.8. The van der Waals surface area contributed by atoms with Crippen LogP contribution in [0.15, 0.2) is 71.1 Å². The Morgan fingerprint density at radius 1 is 0.892 bits per heavy atom. The molecule has 10 heteroatoms. The Kier molecular flexibility index (Phi) is 8.32. The number of hydrogen-bond acceptors (Lipinski definition) is 7. The van der Waals surface area contributed by atoms with E-state index in [0.29, 0.717) is 16.9 Å². The Balaban J connectivity index is 1.87. The molecule has 0 heterocycles. The van der Waals surface area contributed by atoms with E-state index in [0.717, 1.165) is 11.1 Å². The molecule has 9 nitrogen and oxygen atoms in total. The standard InChI is InChI=1S/C27H25N3O6S/c1-17-5-7-23(13-18(17)2)30-27(32)21(16-28)14-20-6-12-25(35-4)26(15-20)36-37(33,34)24-10-8-22(9-11-24)29-19(3)31/h5-15H,1-4H3,(H,29,31)(H,30,32)/b21-14+. The zero-order valence-electron chi connectivity index (χ0n) is 20.7. The maximum Gasteiger partial charge on any atom is 0.339 e. The fourth-order valence-corrected chi connectivity index (χ4v) is 4.19. The predicted octanol–water partition coefficient (Wildman–Crippen LogP) is 4.58. The van der Waals surface area contributed by atoms with Crippen LogP contribution >= 0.6 is 0 Å². The van der Waals surface area contributed by atoms with Crippen molar-refractivity contribution in [1.29, 1.82) is 5.26 Å². The summed E-state index contributed by atoms with van der Waals surface area (Å²) < 4.78 is 36.3. The summed E-state index contributed by atoms with van der Waals surface area (Å²) >= 11 is 0. The van der Waals surface area contributed by atoms with Crippen LogP contribution < -0.4 is 19.6 Å². The van der Waals surface area contributed by atoms with E-state index in [9.17, 15) is 23.3 Å². The first-order chi connectivity index (χ1) is 17.5. The normalized spacial score (nSPS) is 11.3. The van der Waals surface area contributed by atoms with Gasteiger partial charge in [0.1, 0.15) is 16.5 Å². The minimum atomic E-state index is -4.26. The molecule has 3 rings (SSSR count). The van der Waals surface area contributed by atoms with Gasteiger partial charge in [-0.15, -0.1) is 0 Å². The molecule has 0 saturated carbocycles. The third-order valence-corrected chi connectivity index (χ3v) is 6.54. The lowest BCUT2D eigenvalue weighted by atomic mass is 10.1. The number of nitrogens with one attached hydrogen (secondary N) is 2. The SMILES string of the molecule is COc1ccc(/C=C(\C#N)C(=O)Nc2ccc(C)c(C)c2)cc1OS(=O)(=O)c1ccc(NC(C)=O)cc1. The average molecular weight is 520 g/mol. The molecule has 0 atom stereocenters. The summed E-state index contributed by atoms with van der Waals surface area (Å²) in [7, 11) is -2.91. The second-order valence-corrected chi connectivity index (χ2v) is 9.62. The maximum atomic E-state index is 12.9. The van der Waals surface area contributed by atoms with Crippen molar-refractivity contribution >= 4 is 39.4 Å². The molecular formula is C27H25N3O6S. The summed E-state index contributed by atoms with van der Waals surface area (Å²) in [5.74, 6) is -0.903. The first-order valence-electron chi connectivity index (χ1n) is 11.0. The molecule has 0 unspecified atom stereocenters. The molecule has 3 aromatic rings. The monoisotopic (exact) mass is 519 g/mol. The second-order valence-electron chi connectivity index (χ2n) is 8.08. The van der Waals surface area contributed by atoms with Crippen LogP contribution in [0.5, 0.6) is 11.5 Å². The molecule has 2 N–H and O–H groups in total. The van der Waals surface area contributed by atoms with Crippen LogP contribution in [0.2, 0.25) is 0 Å². The van der Waals surface area contributed by atoms with Gasteiger partial charge in [0.05, 0.1) is 7.11 Å². The lowest BCUT2D eigenvalue weighted by Crippen LogP contribution is -2.13. The average Bonchev–Trinajstić information content (AvgIpc) is 2.84. The summed E-state index contributed by atoms with van der Waals surface area (Å²) in [6.07, 6.45) is 1.32. The number of aryl methyl sites for hydroxylation is 2. The number of carbonyl (C=O) groups excluding carboxylic acids is 2. The highest BCUT2D eigenvalue weighted by Crippen LogP contribution is 2.32. The van der Waals surface area contributed by atoms with Gasteiger partial charge in [-0.05, 0) is 85.1 Å². The van der Waals surface area contributed by atoms with Crippen molar-refractivity contribution in [3.8, 4) is 17.6 Å². The van der Waals surface area contributed by atoms with Crippen molar-refractivity contribution in [3.63, 3.8) is 0 Å². The molecule has 0 radical (unpaired) electrons. The smallest absolute Gasteiger partial charge is 0.339 e. The molecule has 0 aliphatic rings. The van der Waals surface area contributed by atoms with Crippen molar-refractivity contribution in [2.45, 2.75) is 25.7 Å². The Labute approximate surface area is 215 Å².